The molecule has 0 saturated carbocycles. The minimum absolute atomic E-state index is 0.0157. The molecule has 1 aliphatic heterocycles. The highest BCUT2D eigenvalue weighted by Crippen LogP contribution is 2.42. The molecule has 6 nitrogen and oxygen atoms in total. The summed E-state index contributed by atoms with van der Waals surface area (Å²) in [4.78, 5) is 4.60. The predicted octanol–water partition coefficient (Wildman–Crippen LogP) is 3.92. The Hall–Kier alpha value is -2.01. The number of hydrogen-bond acceptors (Lipinski definition) is 6. The molecule has 1 unspecified atom stereocenters. The maximum absolute atomic E-state index is 13.5. The number of β-amino-alcohol motifs (C(OH)–C–C–N with tert-alkyl or cyclic N) is 1. The summed E-state index contributed by atoms with van der Waals surface area (Å²) in [6.07, 6.45) is -4.05. The molecule has 2 aromatic carbocycles. The van der Waals surface area contributed by atoms with Crippen LogP contribution in [0.15, 0.2) is 46.3 Å². The maximum atomic E-state index is 13.5. The van der Waals surface area contributed by atoms with E-state index in [-0.39, 0.29) is 37.8 Å². The van der Waals surface area contributed by atoms with Crippen molar-refractivity contribution in [2.24, 2.45) is 4.99 Å². The van der Waals surface area contributed by atoms with E-state index in [1.165, 1.54) is 43.5 Å². The summed E-state index contributed by atoms with van der Waals surface area (Å²) in [6, 6.07) is 7.74. The minimum Gasteiger partial charge on any atom is -0.494 e. The number of rotatable bonds is 4. The SMILES string of the molecule is COc1c(Cl)cc(N2CC(O)(C(F)(F)F)N=C2c2ccc(S(C)(=O)=O)cc2)cc1Cl. The van der Waals surface area contributed by atoms with E-state index in [2.05, 4.69) is 4.99 Å². The number of ether oxygens (including phenoxy) is 1. The van der Waals surface area contributed by atoms with Gasteiger partial charge in [-0.3, -0.25) is 0 Å². The van der Waals surface area contributed by atoms with Crippen LogP contribution in [0.4, 0.5) is 18.9 Å². The number of aliphatic hydroxyl groups is 1. The summed E-state index contributed by atoms with van der Waals surface area (Å²) < 4.78 is 68.8. The fraction of sp³-hybridized carbons (Fsp3) is 0.278. The molecule has 1 N–H and O–H groups in total. The first-order chi connectivity index (χ1) is 13.8. The summed E-state index contributed by atoms with van der Waals surface area (Å²) >= 11 is 12.2. The van der Waals surface area contributed by atoms with Crippen LogP contribution in [0.2, 0.25) is 10.0 Å². The second kappa shape index (κ2) is 7.60. The average molecular weight is 483 g/mol. The molecule has 1 atom stereocenters. The Labute approximate surface area is 180 Å². The monoisotopic (exact) mass is 482 g/mol. The number of sulfone groups is 1. The molecule has 12 heteroatoms. The van der Waals surface area contributed by atoms with Crippen LogP contribution in [0, 0.1) is 0 Å². The third kappa shape index (κ3) is 4.09. The molecule has 0 fully saturated rings. The molecule has 0 aliphatic carbocycles. The third-order valence-corrected chi connectivity index (χ3v) is 6.11. The largest absolute Gasteiger partial charge is 0.494 e. The van der Waals surface area contributed by atoms with Crippen molar-refractivity contribution in [3.63, 3.8) is 0 Å². The van der Waals surface area contributed by atoms with E-state index in [0.717, 1.165) is 11.2 Å². The van der Waals surface area contributed by atoms with Gasteiger partial charge in [0.05, 0.1) is 28.6 Å². The lowest BCUT2D eigenvalue weighted by Gasteiger charge is -2.26. The maximum Gasteiger partial charge on any atom is 0.440 e. The minimum atomic E-state index is -5.06. The van der Waals surface area contributed by atoms with Crippen molar-refractivity contribution >= 4 is 44.6 Å². The van der Waals surface area contributed by atoms with Crippen molar-refractivity contribution < 1.29 is 31.4 Å². The highest BCUT2D eigenvalue weighted by atomic mass is 35.5. The van der Waals surface area contributed by atoms with Crippen LogP contribution in [0.1, 0.15) is 5.56 Å². The van der Waals surface area contributed by atoms with Gasteiger partial charge in [-0.25, -0.2) is 13.4 Å². The fourth-order valence-electron chi connectivity index (χ4n) is 2.90. The second-order valence-corrected chi connectivity index (χ2v) is 9.41. The van der Waals surface area contributed by atoms with Gasteiger partial charge < -0.3 is 14.7 Å². The number of alkyl halides is 3. The number of anilines is 1. The van der Waals surface area contributed by atoms with Crippen LogP contribution in [-0.4, -0.2) is 51.2 Å². The van der Waals surface area contributed by atoms with E-state index >= 15 is 0 Å². The van der Waals surface area contributed by atoms with Gasteiger partial charge in [0.2, 0.25) is 0 Å². The summed E-state index contributed by atoms with van der Waals surface area (Å²) in [7, 11) is -2.17. The smallest absolute Gasteiger partial charge is 0.440 e. The number of amidine groups is 1. The van der Waals surface area contributed by atoms with Crippen molar-refractivity contribution in [1.29, 1.82) is 0 Å². The zero-order valence-corrected chi connectivity index (χ0v) is 17.9. The molecule has 2 aromatic rings. The third-order valence-electron chi connectivity index (χ3n) is 4.42. The Kier molecular flexibility index (Phi) is 5.74. The van der Waals surface area contributed by atoms with E-state index in [1.807, 2.05) is 0 Å². The molecule has 1 heterocycles. The molecule has 0 amide bonds. The standard InChI is InChI=1S/C18H15Cl2F3N2O4S/c1-29-15-13(19)7-11(8-14(15)20)25-9-17(26,18(21,22)23)24-16(25)10-3-5-12(6-4-10)30(2,27)28/h3-8,26H,9H2,1-2H3. The number of nitrogens with zero attached hydrogens (tertiary/aromatic N) is 2. The van der Waals surface area contributed by atoms with Gasteiger partial charge in [-0.05, 0) is 36.4 Å². The first-order valence-electron chi connectivity index (χ1n) is 8.27. The van der Waals surface area contributed by atoms with Crippen LogP contribution in [0.5, 0.6) is 5.75 Å². The van der Waals surface area contributed by atoms with Crippen molar-refractivity contribution in [3.8, 4) is 5.75 Å². The molecule has 0 bridgehead atoms. The van der Waals surface area contributed by atoms with Crippen molar-refractivity contribution in [3.05, 3.63) is 52.0 Å². The molecule has 3 rings (SSSR count). The summed E-state index contributed by atoms with van der Waals surface area (Å²) in [5.41, 5.74) is -3.08. The molecule has 0 aromatic heterocycles. The van der Waals surface area contributed by atoms with E-state index < -0.39 is 28.3 Å². The van der Waals surface area contributed by atoms with Gasteiger partial charge in [0.15, 0.2) is 15.6 Å². The Morgan fingerprint density at radius 3 is 2.13 bits per heavy atom. The van der Waals surface area contributed by atoms with Gasteiger partial charge in [0, 0.05) is 17.5 Å². The molecular weight excluding hydrogens is 468 g/mol. The molecule has 0 radical (unpaired) electrons. The molecule has 162 valence electrons. The lowest BCUT2D eigenvalue weighted by atomic mass is 10.1. The van der Waals surface area contributed by atoms with Crippen molar-refractivity contribution in [2.75, 3.05) is 24.8 Å². The summed E-state index contributed by atoms with van der Waals surface area (Å²) in [5, 5.41) is 10.3. The van der Waals surface area contributed by atoms with E-state index in [1.54, 1.807) is 0 Å². The molecule has 0 saturated heterocycles. The molecule has 1 aliphatic rings. The van der Waals surface area contributed by atoms with Gasteiger partial charge in [-0.2, -0.15) is 13.2 Å². The van der Waals surface area contributed by atoms with E-state index in [4.69, 9.17) is 27.9 Å². The van der Waals surface area contributed by atoms with Crippen LogP contribution >= 0.6 is 23.2 Å². The summed E-state index contributed by atoms with van der Waals surface area (Å²) in [6.45, 7) is -0.946. The fourth-order valence-corrected chi connectivity index (χ4v) is 4.16. The van der Waals surface area contributed by atoms with Crippen LogP contribution in [0.25, 0.3) is 0 Å². The van der Waals surface area contributed by atoms with E-state index in [0.29, 0.717) is 0 Å². The molecular formula is C18H15Cl2F3N2O4S. The summed E-state index contributed by atoms with van der Waals surface area (Å²) in [5.74, 6) is -0.0875. The van der Waals surface area contributed by atoms with Gasteiger partial charge in [0.25, 0.3) is 5.72 Å². The van der Waals surface area contributed by atoms with Gasteiger partial charge in [0.1, 0.15) is 5.84 Å². The van der Waals surface area contributed by atoms with Gasteiger partial charge in [-0.15, -0.1) is 0 Å². The topological polar surface area (TPSA) is 79.2 Å². The van der Waals surface area contributed by atoms with Crippen molar-refractivity contribution in [1.82, 2.24) is 0 Å². The van der Waals surface area contributed by atoms with Crippen LogP contribution < -0.4 is 9.64 Å². The number of aliphatic imine (C=N–C) groups is 1. The Morgan fingerprint density at radius 1 is 1.17 bits per heavy atom. The number of methoxy groups -OCH3 is 1. The first kappa shape index (κ1) is 22.7. The van der Waals surface area contributed by atoms with Crippen LogP contribution in [-0.2, 0) is 9.84 Å². The number of hydrogen-bond donors (Lipinski definition) is 1. The van der Waals surface area contributed by atoms with Crippen molar-refractivity contribution in [2.45, 2.75) is 16.8 Å². The average Bonchev–Trinajstić information content (AvgIpc) is 3.00. The zero-order chi connectivity index (χ0) is 22.5. The molecule has 0 spiro atoms. The zero-order valence-electron chi connectivity index (χ0n) is 15.5. The number of benzene rings is 2. The Balaban J connectivity index is 2.14. The van der Waals surface area contributed by atoms with Gasteiger partial charge in [-0.1, -0.05) is 23.2 Å². The highest BCUT2D eigenvalue weighted by Gasteiger charge is 2.59. The highest BCUT2D eigenvalue weighted by molar-refractivity contribution is 7.90. The van der Waals surface area contributed by atoms with Crippen LogP contribution in [0.3, 0.4) is 0 Å². The first-order valence-corrected chi connectivity index (χ1v) is 10.9. The quantitative estimate of drug-likeness (QED) is 0.714. The normalized spacial score (nSPS) is 19.7. The van der Waals surface area contributed by atoms with Gasteiger partial charge >= 0.3 is 6.18 Å². The second-order valence-electron chi connectivity index (χ2n) is 6.58. The Bertz CT molecular complexity index is 1100. The molecule has 30 heavy (non-hydrogen) atoms. The van der Waals surface area contributed by atoms with E-state index in [9.17, 15) is 26.7 Å². The Morgan fingerprint density at radius 2 is 1.70 bits per heavy atom. The number of halogens is 5. The lowest BCUT2D eigenvalue weighted by molar-refractivity contribution is -0.249. The lowest BCUT2D eigenvalue weighted by Crippen LogP contribution is -2.47. The predicted molar refractivity (Wildman–Crippen MR) is 107 cm³/mol.